The summed E-state index contributed by atoms with van der Waals surface area (Å²) in [7, 11) is 0. The Morgan fingerprint density at radius 2 is 1.40 bits per heavy atom. The minimum Gasteiger partial charge on any atom is -0.488 e. The first kappa shape index (κ1) is 19.4. The van der Waals surface area contributed by atoms with Crippen LogP contribution in [0.5, 0.6) is 5.75 Å². The third kappa shape index (κ3) is 4.92. The second kappa shape index (κ2) is 9.52. The Hall–Kier alpha value is -3.92. The number of ether oxygens (including phenoxy) is 2. The molecular formula is C26H21NO3. The Balaban J connectivity index is 1.58. The number of hydrogen-bond donors (Lipinski definition) is 0. The van der Waals surface area contributed by atoms with Gasteiger partial charge in [0.1, 0.15) is 24.5 Å². The molecule has 4 heteroatoms. The summed E-state index contributed by atoms with van der Waals surface area (Å²) in [6.07, 6.45) is 1.74. The van der Waals surface area contributed by atoms with E-state index < -0.39 is 5.97 Å². The van der Waals surface area contributed by atoms with Crippen molar-refractivity contribution in [2.45, 2.75) is 13.2 Å². The molecule has 4 rings (SSSR count). The summed E-state index contributed by atoms with van der Waals surface area (Å²) in [5, 5.41) is 0. The van der Waals surface area contributed by atoms with Gasteiger partial charge in [0.15, 0.2) is 0 Å². The molecule has 0 N–H and O–H groups in total. The Bertz CT molecular complexity index is 1100. The van der Waals surface area contributed by atoms with E-state index in [1.807, 2.05) is 91.0 Å². The van der Waals surface area contributed by atoms with Crippen molar-refractivity contribution in [2.24, 2.45) is 0 Å². The summed E-state index contributed by atoms with van der Waals surface area (Å²) in [6.45, 7) is 0.561. The predicted octanol–water partition coefficient (Wildman–Crippen LogP) is 5.68. The van der Waals surface area contributed by atoms with Crippen LogP contribution in [0.4, 0.5) is 0 Å². The molecule has 0 bridgehead atoms. The van der Waals surface area contributed by atoms with Gasteiger partial charge in [-0.1, -0.05) is 72.8 Å². The van der Waals surface area contributed by atoms with Crippen LogP contribution in [0.25, 0.3) is 11.3 Å². The Labute approximate surface area is 175 Å². The van der Waals surface area contributed by atoms with Gasteiger partial charge >= 0.3 is 5.97 Å². The third-order valence-corrected chi connectivity index (χ3v) is 4.61. The molecule has 0 radical (unpaired) electrons. The van der Waals surface area contributed by atoms with Crippen molar-refractivity contribution in [3.8, 4) is 17.0 Å². The van der Waals surface area contributed by atoms with Gasteiger partial charge in [-0.15, -0.1) is 0 Å². The fraction of sp³-hybridized carbons (Fsp3) is 0.0769. The molecule has 0 saturated heterocycles. The zero-order valence-corrected chi connectivity index (χ0v) is 16.4. The van der Waals surface area contributed by atoms with Gasteiger partial charge in [-0.25, -0.2) is 4.79 Å². The normalized spacial score (nSPS) is 10.4. The van der Waals surface area contributed by atoms with Crippen LogP contribution in [0.1, 0.15) is 21.5 Å². The number of benzene rings is 3. The number of hydrogen-bond acceptors (Lipinski definition) is 4. The lowest BCUT2D eigenvalue weighted by molar-refractivity contribution is 0.0467. The van der Waals surface area contributed by atoms with Gasteiger partial charge in [-0.2, -0.15) is 0 Å². The summed E-state index contributed by atoms with van der Waals surface area (Å²) in [6, 6.07) is 30.6. The van der Waals surface area contributed by atoms with Gasteiger partial charge < -0.3 is 9.47 Å². The van der Waals surface area contributed by atoms with Crippen LogP contribution < -0.4 is 4.74 Å². The van der Waals surface area contributed by atoms with Crippen LogP contribution >= 0.6 is 0 Å². The van der Waals surface area contributed by atoms with Crippen molar-refractivity contribution in [3.63, 3.8) is 0 Å². The second-order valence-corrected chi connectivity index (χ2v) is 6.76. The van der Waals surface area contributed by atoms with Crippen LogP contribution in [0.3, 0.4) is 0 Å². The Kier molecular flexibility index (Phi) is 6.16. The van der Waals surface area contributed by atoms with Gasteiger partial charge in [0.25, 0.3) is 0 Å². The summed E-state index contributed by atoms with van der Waals surface area (Å²) < 4.78 is 11.5. The monoisotopic (exact) mass is 395 g/mol. The van der Waals surface area contributed by atoms with Crippen molar-refractivity contribution >= 4 is 5.97 Å². The molecule has 4 nitrogen and oxygen atoms in total. The van der Waals surface area contributed by atoms with E-state index in [2.05, 4.69) is 4.98 Å². The van der Waals surface area contributed by atoms with Gasteiger partial charge in [0, 0.05) is 11.8 Å². The Morgan fingerprint density at radius 3 is 2.07 bits per heavy atom. The largest absolute Gasteiger partial charge is 0.488 e. The molecule has 0 saturated carbocycles. The fourth-order valence-corrected chi connectivity index (χ4v) is 3.04. The van der Waals surface area contributed by atoms with Crippen molar-refractivity contribution in [2.75, 3.05) is 0 Å². The average Bonchev–Trinajstić information content (AvgIpc) is 2.83. The molecule has 0 spiro atoms. The molecule has 1 heterocycles. The molecule has 1 aromatic heterocycles. The maximum absolute atomic E-state index is 12.8. The van der Waals surface area contributed by atoms with Gasteiger partial charge in [-0.3, -0.25) is 4.98 Å². The molecule has 0 aliphatic heterocycles. The number of esters is 1. The number of carbonyl (C=O) groups excluding carboxylic acids is 1. The summed E-state index contributed by atoms with van der Waals surface area (Å²) in [4.78, 5) is 17.2. The van der Waals surface area contributed by atoms with E-state index in [4.69, 9.17) is 9.47 Å². The van der Waals surface area contributed by atoms with Crippen molar-refractivity contribution in [1.29, 1.82) is 0 Å². The summed E-state index contributed by atoms with van der Waals surface area (Å²) in [5.41, 5.74) is 4.03. The minimum atomic E-state index is -0.422. The van der Waals surface area contributed by atoms with Gasteiger partial charge in [-0.05, 0) is 35.4 Å². The first-order valence-corrected chi connectivity index (χ1v) is 9.73. The van der Waals surface area contributed by atoms with Crippen LogP contribution in [0, 0.1) is 0 Å². The molecule has 3 aromatic carbocycles. The van der Waals surface area contributed by atoms with E-state index in [9.17, 15) is 4.79 Å². The van der Waals surface area contributed by atoms with Crippen molar-refractivity contribution in [3.05, 3.63) is 120 Å². The molecule has 0 aliphatic rings. The zero-order chi connectivity index (χ0) is 20.6. The van der Waals surface area contributed by atoms with Crippen LogP contribution in [-0.2, 0) is 18.0 Å². The lowest BCUT2D eigenvalue weighted by atomic mass is 10.1. The number of nitrogens with zero attached hydrogens (tertiary/aromatic N) is 1. The molecule has 0 aliphatic carbocycles. The van der Waals surface area contributed by atoms with Crippen molar-refractivity contribution < 1.29 is 14.3 Å². The smallest absolute Gasteiger partial charge is 0.342 e. The number of aromatic nitrogens is 1. The molecule has 0 amide bonds. The van der Waals surface area contributed by atoms with E-state index in [0.717, 1.165) is 22.4 Å². The first-order valence-electron chi connectivity index (χ1n) is 9.73. The third-order valence-electron chi connectivity index (χ3n) is 4.61. The maximum Gasteiger partial charge on any atom is 0.342 e. The molecule has 0 fully saturated rings. The molecule has 0 atom stereocenters. The zero-order valence-electron chi connectivity index (χ0n) is 16.4. The van der Waals surface area contributed by atoms with Crippen LogP contribution in [0.2, 0.25) is 0 Å². The maximum atomic E-state index is 12.8. The highest BCUT2D eigenvalue weighted by atomic mass is 16.5. The molecule has 4 aromatic rings. The van der Waals surface area contributed by atoms with E-state index >= 15 is 0 Å². The molecule has 0 unspecified atom stereocenters. The molecule has 148 valence electrons. The topological polar surface area (TPSA) is 48.4 Å². The van der Waals surface area contributed by atoms with Crippen molar-refractivity contribution in [1.82, 2.24) is 4.98 Å². The first-order chi connectivity index (χ1) is 14.8. The standard InChI is InChI=1S/C26H21NO3/c28-26(30-19-21-11-5-2-6-12-21)23-15-14-22(24-13-7-8-16-27-24)17-25(23)29-18-20-9-3-1-4-10-20/h1-17H,18-19H2. The lowest BCUT2D eigenvalue weighted by Gasteiger charge is -2.13. The summed E-state index contributed by atoms with van der Waals surface area (Å²) in [5.74, 6) is 0.0505. The highest BCUT2D eigenvalue weighted by molar-refractivity contribution is 5.93. The second-order valence-electron chi connectivity index (χ2n) is 6.76. The van der Waals surface area contributed by atoms with Crippen LogP contribution in [-0.4, -0.2) is 11.0 Å². The number of carbonyl (C=O) groups is 1. The van der Waals surface area contributed by atoms with Gasteiger partial charge in [0.2, 0.25) is 0 Å². The SMILES string of the molecule is O=C(OCc1ccccc1)c1ccc(-c2ccccn2)cc1OCc1ccccc1. The van der Waals surface area contributed by atoms with E-state index in [0.29, 0.717) is 17.9 Å². The lowest BCUT2D eigenvalue weighted by Crippen LogP contribution is -2.08. The van der Waals surface area contributed by atoms with E-state index in [1.165, 1.54) is 0 Å². The van der Waals surface area contributed by atoms with Gasteiger partial charge in [0.05, 0.1) is 5.69 Å². The molecular weight excluding hydrogens is 374 g/mol. The van der Waals surface area contributed by atoms with Crippen LogP contribution in [0.15, 0.2) is 103 Å². The highest BCUT2D eigenvalue weighted by Crippen LogP contribution is 2.28. The molecule has 30 heavy (non-hydrogen) atoms. The predicted molar refractivity (Wildman–Crippen MR) is 116 cm³/mol. The average molecular weight is 395 g/mol. The highest BCUT2D eigenvalue weighted by Gasteiger charge is 2.16. The number of pyridine rings is 1. The van der Waals surface area contributed by atoms with E-state index in [-0.39, 0.29) is 6.61 Å². The summed E-state index contributed by atoms with van der Waals surface area (Å²) >= 11 is 0. The Morgan fingerprint density at radius 1 is 0.733 bits per heavy atom. The minimum absolute atomic E-state index is 0.208. The quantitative estimate of drug-likeness (QED) is 0.378. The fourth-order valence-electron chi connectivity index (χ4n) is 3.04. The number of rotatable bonds is 7. The van der Waals surface area contributed by atoms with E-state index in [1.54, 1.807) is 12.3 Å².